The summed E-state index contributed by atoms with van der Waals surface area (Å²) in [7, 11) is 0. The van der Waals surface area contributed by atoms with Crippen molar-refractivity contribution < 1.29 is 9.53 Å². The van der Waals surface area contributed by atoms with E-state index in [4.69, 9.17) is 27.1 Å². The number of hydrogen-bond acceptors (Lipinski definition) is 7. The third-order valence-corrected chi connectivity index (χ3v) is 7.71. The number of ether oxygens (including phenoxy) is 1. The van der Waals surface area contributed by atoms with Crippen LogP contribution in [0.5, 0.6) is 0 Å². The van der Waals surface area contributed by atoms with E-state index in [1.165, 1.54) is 12.8 Å². The van der Waals surface area contributed by atoms with Gasteiger partial charge in [0.1, 0.15) is 0 Å². The van der Waals surface area contributed by atoms with E-state index in [1.54, 1.807) is 11.8 Å². The van der Waals surface area contributed by atoms with Gasteiger partial charge in [-0.2, -0.15) is 9.97 Å². The fourth-order valence-corrected chi connectivity index (χ4v) is 5.99. The molecule has 2 heterocycles. The molecule has 0 spiro atoms. The zero-order valence-corrected chi connectivity index (χ0v) is 20.6. The Labute approximate surface area is 208 Å². The summed E-state index contributed by atoms with van der Waals surface area (Å²) in [4.78, 5) is 25.5. The lowest BCUT2D eigenvalue weighted by molar-refractivity contribution is -0.124. The smallest absolute Gasteiger partial charge is 0.224 e. The summed E-state index contributed by atoms with van der Waals surface area (Å²) in [6.07, 6.45) is 6.27. The zero-order chi connectivity index (χ0) is 23.5. The molecule has 0 atom stereocenters. The molecule has 7 nitrogen and oxygen atoms in total. The summed E-state index contributed by atoms with van der Waals surface area (Å²) in [5.41, 5.74) is 9.02. The van der Waals surface area contributed by atoms with Crippen molar-refractivity contribution >= 4 is 46.0 Å². The highest BCUT2D eigenvalue weighted by Gasteiger charge is 2.22. The molecule has 34 heavy (non-hydrogen) atoms. The average Bonchev–Trinajstić information content (AvgIpc) is 3.36. The highest BCUT2D eigenvalue weighted by atomic mass is 35.5. The van der Waals surface area contributed by atoms with Crippen molar-refractivity contribution in [2.24, 2.45) is 5.92 Å². The minimum Gasteiger partial charge on any atom is -0.372 e. The van der Waals surface area contributed by atoms with E-state index in [0.717, 1.165) is 58.9 Å². The minimum absolute atomic E-state index is 0.177. The summed E-state index contributed by atoms with van der Waals surface area (Å²) in [5.74, 6) is 1.92. The predicted octanol–water partition coefficient (Wildman–Crippen LogP) is 5.14. The van der Waals surface area contributed by atoms with Crippen LogP contribution in [-0.2, 0) is 22.7 Å². The summed E-state index contributed by atoms with van der Waals surface area (Å²) < 4.78 is 5.69. The van der Waals surface area contributed by atoms with Gasteiger partial charge in [0.25, 0.3) is 0 Å². The Morgan fingerprint density at radius 3 is 2.82 bits per heavy atom. The first-order chi connectivity index (χ1) is 16.6. The van der Waals surface area contributed by atoms with Crippen LogP contribution in [0.1, 0.15) is 49.7 Å². The fraction of sp³-hybridized carbons (Fsp3) is 0.440. The third-order valence-electron chi connectivity index (χ3n) is 6.48. The first-order valence-corrected chi connectivity index (χ1v) is 13.2. The topological polar surface area (TPSA) is 103 Å². The molecule has 2 aliphatic rings. The number of halogens is 1. The number of aromatic nitrogens is 3. The summed E-state index contributed by atoms with van der Waals surface area (Å²) in [6.45, 7) is 1.82. The Bertz CT molecular complexity index is 1220. The molecule has 1 aliphatic heterocycles. The Hall–Kier alpha value is -2.42. The average molecular weight is 498 g/mol. The zero-order valence-electron chi connectivity index (χ0n) is 19.0. The van der Waals surface area contributed by atoms with Gasteiger partial charge in [0.05, 0.1) is 18.2 Å². The van der Waals surface area contributed by atoms with Crippen LogP contribution < -0.4 is 11.1 Å². The van der Waals surface area contributed by atoms with Crippen molar-refractivity contribution in [3.05, 3.63) is 40.4 Å². The number of hydrogen-bond donors (Lipinski definition) is 2. The molecule has 2 aromatic carbocycles. The first kappa shape index (κ1) is 23.3. The molecule has 178 valence electrons. The lowest BCUT2D eigenvalue weighted by Crippen LogP contribution is -2.30. The number of unbranched alkanes of at least 4 members (excludes halogenated alkanes) is 1. The Kier molecular flexibility index (Phi) is 7.18. The Morgan fingerprint density at radius 2 is 1.97 bits per heavy atom. The summed E-state index contributed by atoms with van der Waals surface area (Å²) in [6, 6.07) is 8.06. The van der Waals surface area contributed by atoms with E-state index < -0.39 is 0 Å². The SMILES string of the molecule is Nc1nc(SCCCCNC(=O)C2CCCC2)nc(-c2c(Cl)cc3c4c(cccc24)COC3)n1. The number of nitrogens with zero attached hydrogens (tertiary/aromatic N) is 3. The van der Waals surface area contributed by atoms with Gasteiger partial charge in [0.15, 0.2) is 11.0 Å². The molecule has 1 aromatic heterocycles. The lowest BCUT2D eigenvalue weighted by Gasteiger charge is -2.20. The van der Waals surface area contributed by atoms with Gasteiger partial charge >= 0.3 is 0 Å². The maximum atomic E-state index is 12.1. The van der Waals surface area contributed by atoms with Crippen LogP contribution in [0, 0.1) is 5.92 Å². The third kappa shape index (κ3) is 4.99. The number of rotatable bonds is 8. The molecule has 1 saturated carbocycles. The van der Waals surface area contributed by atoms with Crippen LogP contribution in [0.25, 0.3) is 22.2 Å². The monoisotopic (exact) mass is 497 g/mol. The maximum absolute atomic E-state index is 12.1. The molecule has 0 radical (unpaired) electrons. The number of nitrogens with two attached hydrogens (primary N) is 1. The van der Waals surface area contributed by atoms with E-state index in [2.05, 4.69) is 21.4 Å². The first-order valence-electron chi connectivity index (χ1n) is 11.8. The largest absolute Gasteiger partial charge is 0.372 e. The molecule has 1 fully saturated rings. The molecule has 3 aromatic rings. The highest BCUT2D eigenvalue weighted by Crippen LogP contribution is 2.39. The van der Waals surface area contributed by atoms with Crippen molar-refractivity contribution in [3.63, 3.8) is 0 Å². The number of benzene rings is 2. The van der Waals surface area contributed by atoms with E-state index in [9.17, 15) is 4.79 Å². The molecule has 3 N–H and O–H groups in total. The second kappa shape index (κ2) is 10.5. The Balaban J connectivity index is 1.26. The van der Waals surface area contributed by atoms with Crippen molar-refractivity contribution in [3.8, 4) is 11.4 Å². The number of carbonyl (C=O) groups excluding carboxylic acids is 1. The van der Waals surface area contributed by atoms with Gasteiger partial charge in [0, 0.05) is 23.8 Å². The molecule has 1 aliphatic carbocycles. The van der Waals surface area contributed by atoms with Gasteiger partial charge in [-0.15, -0.1) is 0 Å². The van der Waals surface area contributed by atoms with Crippen LogP contribution in [-0.4, -0.2) is 33.2 Å². The summed E-state index contributed by atoms with van der Waals surface area (Å²) in [5, 5.41) is 6.38. The van der Waals surface area contributed by atoms with Crippen LogP contribution in [0.2, 0.25) is 5.02 Å². The van der Waals surface area contributed by atoms with Crippen molar-refractivity contribution in [1.29, 1.82) is 0 Å². The molecular formula is C25H28ClN5O2S. The van der Waals surface area contributed by atoms with Gasteiger partial charge in [0.2, 0.25) is 11.9 Å². The van der Waals surface area contributed by atoms with Gasteiger partial charge in [-0.1, -0.05) is 54.4 Å². The van der Waals surface area contributed by atoms with E-state index in [0.29, 0.717) is 35.8 Å². The molecule has 1 amide bonds. The fourth-order valence-electron chi connectivity index (χ4n) is 4.83. The highest BCUT2D eigenvalue weighted by molar-refractivity contribution is 7.99. The molecule has 0 unspecified atom stereocenters. The van der Waals surface area contributed by atoms with Gasteiger partial charge in [-0.05, 0) is 53.6 Å². The second-order valence-corrected chi connectivity index (χ2v) is 10.3. The molecule has 5 rings (SSSR count). The normalized spacial score (nSPS) is 15.7. The molecular weight excluding hydrogens is 470 g/mol. The van der Waals surface area contributed by atoms with Crippen molar-refractivity contribution in [1.82, 2.24) is 20.3 Å². The Morgan fingerprint density at radius 1 is 1.15 bits per heavy atom. The number of thioether (sulfide) groups is 1. The van der Waals surface area contributed by atoms with Gasteiger partial charge in [-0.25, -0.2) is 4.98 Å². The van der Waals surface area contributed by atoms with Gasteiger partial charge < -0.3 is 15.8 Å². The number of nitrogen functional groups attached to an aromatic ring is 1. The van der Waals surface area contributed by atoms with Crippen LogP contribution >= 0.6 is 23.4 Å². The molecule has 0 saturated heterocycles. The van der Waals surface area contributed by atoms with Crippen molar-refractivity contribution in [2.45, 2.75) is 56.9 Å². The van der Waals surface area contributed by atoms with E-state index >= 15 is 0 Å². The van der Waals surface area contributed by atoms with Crippen LogP contribution in [0.3, 0.4) is 0 Å². The number of carbonyl (C=O) groups is 1. The predicted molar refractivity (Wildman–Crippen MR) is 136 cm³/mol. The quantitative estimate of drug-likeness (QED) is 0.328. The number of amides is 1. The standard InChI is InChI=1S/C25H28ClN5O2S/c26-19-12-17-14-33-13-16-8-5-9-18(20(16)17)21(19)22-29-24(27)31-25(30-22)34-11-4-3-10-28-23(32)15-6-1-2-7-15/h5,8-9,12,15H,1-4,6-7,10-11,13-14H2,(H,28,32)(H2,27,29,30,31). The lowest BCUT2D eigenvalue weighted by atomic mass is 9.94. The maximum Gasteiger partial charge on any atom is 0.224 e. The van der Waals surface area contributed by atoms with Crippen LogP contribution in [0.15, 0.2) is 29.4 Å². The van der Waals surface area contributed by atoms with Crippen LogP contribution in [0.4, 0.5) is 5.95 Å². The van der Waals surface area contributed by atoms with E-state index in [1.807, 2.05) is 18.2 Å². The second-order valence-electron chi connectivity index (χ2n) is 8.85. The van der Waals surface area contributed by atoms with E-state index in [-0.39, 0.29) is 17.8 Å². The van der Waals surface area contributed by atoms with Gasteiger partial charge in [-0.3, -0.25) is 4.79 Å². The molecule has 0 bridgehead atoms. The minimum atomic E-state index is 0.177. The number of nitrogens with one attached hydrogen (secondary N) is 1. The molecule has 9 heteroatoms. The number of anilines is 1. The van der Waals surface area contributed by atoms with Crippen molar-refractivity contribution in [2.75, 3.05) is 18.0 Å². The summed E-state index contributed by atoms with van der Waals surface area (Å²) >= 11 is 8.24.